The molecule has 220 valence electrons. The third-order valence-electron chi connectivity index (χ3n) is 8.36. The monoisotopic (exact) mass is 676 g/mol. The summed E-state index contributed by atoms with van der Waals surface area (Å²) in [4.78, 5) is 0. The number of benzene rings is 4. The molecule has 0 spiro atoms. The van der Waals surface area contributed by atoms with E-state index in [1.54, 1.807) is 16.4 Å². The van der Waals surface area contributed by atoms with Crippen LogP contribution in [-0.4, -0.2) is 12.3 Å². The predicted octanol–water partition coefficient (Wildman–Crippen LogP) is 4.48. The van der Waals surface area contributed by atoms with Gasteiger partial charge in [0.1, 0.15) is 0 Å². The van der Waals surface area contributed by atoms with Crippen LogP contribution in [0.4, 0.5) is 0 Å². The van der Waals surface area contributed by atoms with Gasteiger partial charge in [0.25, 0.3) is 0 Å². The maximum absolute atomic E-state index is 2.65. The van der Waals surface area contributed by atoms with Crippen molar-refractivity contribution in [3.8, 4) is 0 Å². The van der Waals surface area contributed by atoms with E-state index in [1.165, 1.54) is 59.7 Å². The molecular weight excluding hydrogens is 637 g/mol. The zero-order chi connectivity index (χ0) is 28.0. The van der Waals surface area contributed by atoms with Crippen molar-refractivity contribution in [3.05, 3.63) is 142 Å². The summed E-state index contributed by atoms with van der Waals surface area (Å²) in [5.74, 6) is 0. The van der Waals surface area contributed by atoms with E-state index in [9.17, 15) is 0 Å². The second-order valence-electron chi connectivity index (χ2n) is 11.1. The summed E-state index contributed by atoms with van der Waals surface area (Å²) in [6, 6.07) is 41.4. The molecule has 0 N–H and O–H groups in total. The maximum atomic E-state index is 2.65. The van der Waals surface area contributed by atoms with Gasteiger partial charge in [-0.3, -0.25) is 0 Å². The first-order valence-corrected chi connectivity index (χ1v) is 20.2. The molecular formula is C38H40Cl2P2Ti. The van der Waals surface area contributed by atoms with Crippen molar-refractivity contribution in [1.82, 2.24) is 0 Å². The summed E-state index contributed by atoms with van der Waals surface area (Å²) in [6.45, 7) is 4.72. The fourth-order valence-electron chi connectivity index (χ4n) is 6.27. The molecule has 0 saturated carbocycles. The molecule has 0 saturated heterocycles. The van der Waals surface area contributed by atoms with Crippen LogP contribution in [0, 0.1) is 0 Å². The van der Waals surface area contributed by atoms with Gasteiger partial charge in [-0.05, 0) is 0 Å². The number of fused-ring (bicyclic) bond motifs is 2. The molecule has 0 fully saturated rings. The van der Waals surface area contributed by atoms with Gasteiger partial charge >= 0.3 is 260 Å². The van der Waals surface area contributed by atoms with E-state index < -0.39 is 27.1 Å². The minimum absolute atomic E-state index is 0. The standard InChI is InChI=1S/C21H16P.C17H24P.2ClH.Ti/c1-3-11-19(12-4-1)22(20-13-5-2-6-14-20)21-15-17-9-7-8-10-18(17)16-21;1-3-5-11-18(12-6-4-2)17-13-15-9-7-8-10-16(15)14-17;;;/h1-16H;7-10,13-14H,3-6,11-12H2,1-2H3;2*1H;/q;;;;+2/p-2. The Hall–Kier alpha value is -1.49. The molecule has 0 amide bonds. The van der Waals surface area contributed by atoms with Gasteiger partial charge in [0.05, 0.1) is 0 Å². The van der Waals surface area contributed by atoms with Crippen molar-refractivity contribution in [2.24, 2.45) is 0 Å². The summed E-state index contributed by atoms with van der Waals surface area (Å²) in [5, 5.41) is 6.45. The van der Waals surface area contributed by atoms with Gasteiger partial charge < -0.3 is 24.8 Å². The van der Waals surface area contributed by atoms with E-state index in [2.05, 4.69) is 135 Å². The molecule has 4 aromatic carbocycles. The second kappa shape index (κ2) is 16.7. The predicted molar refractivity (Wildman–Crippen MR) is 180 cm³/mol. The van der Waals surface area contributed by atoms with Gasteiger partial charge in [0.2, 0.25) is 0 Å². The summed E-state index contributed by atoms with van der Waals surface area (Å²) in [6.07, 6.45) is 13.4. The van der Waals surface area contributed by atoms with Gasteiger partial charge in [0.15, 0.2) is 0 Å². The first-order valence-electron chi connectivity index (χ1n) is 15.3. The summed E-state index contributed by atoms with van der Waals surface area (Å²) in [5.41, 5.74) is 6.15. The molecule has 2 unspecified atom stereocenters. The molecule has 2 aliphatic rings. The van der Waals surface area contributed by atoms with Crippen LogP contribution < -0.4 is 35.4 Å². The van der Waals surface area contributed by atoms with Gasteiger partial charge in [-0.25, -0.2) is 0 Å². The second-order valence-corrected chi connectivity index (χ2v) is 18.2. The third-order valence-corrected chi connectivity index (χ3v) is 17.5. The maximum Gasteiger partial charge on any atom is -1.00 e. The largest absolute Gasteiger partial charge is 1.00 e. The Bertz CT molecular complexity index is 1470. The molecule has 0 heterocycles. The van der Waals surface area contributed by atoms with Crippen LogP contribution in [0.5, 0.6) is 0 Å². The SMILES string of the molecule is CCCCP(CCCC)C1=Cc2ccccc2[CH]1[Ti+2][CH]1C(P(c2ccccc2)c2ccccc2)=Cc2ccccc21.[Cl-].[Cl-]. The topological polar surface area (TPSA) is 0 Å². The van der Waals surface area contributed by atoms with Crippen molar-refractivity contribution < 1.29 is 44.0 Å². The Labute approximate surface area is 283 Å². The molecule has 0 nitrogen and oxygen atoms in total. The molecule has 6 rings (SSSR count). The molecule has 2 atom stereocenters. The van der Waals surface area contributed by atoms with Crippen LogP contribution >= 0.6 is 15.8 Å². The molecule has 2 aliphatic carbocycles. The first kappa shape index (κ1) is 34.4. The van der Waals surface area contributed by atoms with Gasteiger partial charge in [0, 0.05) is 0 Å². The molecule has 5 heteroatoms. The number of hydrogen-bond donors (Lipinski definition) is 0. The van der Waals surface area contributed by atoms with Crippen LogP contribution in [0.2, 0.25) is 0 Å². The molecule has 0 radical (unpaired) electrons. The molecule has 0 bridgehead atoms. The summed E-state index contributed by atoms with van der Waals surface area (Å²) < 4.78 is 1.18. The molecule has 0 aromatic heterocycles. The number of halogens is 2. The minimum atomic E-state index is -0.595. The third kappa shape index (κ3) is 7.67. The number of allylic oxidation sites excluding steroid dienone is 2. The van der Waals surface area contributed by atoms with E-state index in [0.29, 0.717) is 8.45 Å². The fraction of sp³-hybridized carbons (Fsp3) is 0.263. The Morgan fingerprint density at radius 1 is 0.535 bits per heavy atom. The van der Waals surface area contributed by atoms with Gasteiger partial charge in [-0.1, -0.05) is 0 Å². The molecule has 43 heavy (non-hydrogen) atoms. The van der Waals surface area contributed by atoms with Gasteiger partial charge in [-0.2, -0.15) is 0 Å². The van der Waals surface area contributed by atoms with Crippen LogP contribution in [0.1, 0.15) is 70.2 Å². The Morgan fingerprint density at radius 2 is 0.953 bits per heavy atom. The summed E-state index contributed by atoms with van der Waals surface area (Å²) in [7, 11) is -0.681. The zero-order valence-corrected chi connectivity index (χ0v) is 30.0. The molecule has 4 aromatic rings. The van der Waals surface area contributed by atoms with Gasteiger partial charge in [-0.15, -0.1) is 0 Å². The average Bonchev–Trinajstić information content (AvgIpc) is 3.57. The Balaban J connectivity index is 0.00000212. The van der Waals surface area contributed by atoms with Crippen LogP contribution in [0.25, 0.3) is 12.2 Å². The zero-order valence-electron chi connectivity index (χ0n) is 25.1. The first-order chi connectivity index (χ1) is 20.3. The van der Waals surface area contributed by atoms with Crippen LogP contribution in [-0.2, 0) is 19.2 Å². The van der Waals surface area contributed by atoms with Crippen molar-refractivity contribution in [2.75, 3.05) is 12.3 Å². The minimum Gasteiger partial charge on any atom is -1.00 e. The average molecular weight is 677 g/mol. The number of rotatable bonds is 12. The fourth-order valence-corrected chi connectivity index (χ4v) is 16.5. The van der Waals surface area contributed by atoms with E-state index in [0.717, 1.165) is 0 Å². The van der Waals surface area contributed by atoms with E-state index in [1.807, 2.05) is 5.31 Å². The van der Waals surface area contributed by atoms with E-state index in [4.69, 9.17) is 0 Å². The number of hydrogen-bond acceptors (Lipinski definition) is 0. The Morgan fingerprint density at radius 3 is 1.44 bits per heavy atom. The Kier molecular flexibility index (Phi) is 13.4. The van der Waals surface area contributed by atoms with Crippen LogP contribution in [0.15, 0.2) is 120 Å². The van der Waals surface area contributed by atoms with E-state index in [-0.39, 0.29) is 32.7 Å². The smallest absolute Gasteiger partial charge is 1.00 e. The van der Waals surface area contributed by atoms with Crippen LogP contribution in [0.3, 0.4) is 0 Å². The quantitative estimate of drug-likeness (QED) is 0.153. The van der Waals surface area contributed by atoms with Crippen molar-refractivity contribution >= 4 is 38.6 Å². The number of unbranched alkanes of at least 4 members (excludes halogenated alkanes) is 2. The summed E-state index contributed by atoms with van der Waals surface area (Å²) >= 11 is -0.418. The van der Waals surface area contributed by atoms with Crippen molar-refractivity contribution in [2.45, 2.75) is 48.0 Å². The van der Waals surface area contributed by atoms with Crippen molar-refractivity contribution in [3.63, 3.8) is 0 Å². The molecule has 0 aliphatic heterocycles. The van der Waals surface area contributed by atoms with E-state index >= 15 is 0 Å². The van der Waals surface area contributed by atoms with Crippen molar-refractivity contribution in [1.29, 1.82) is 0 Å². The normalized spacial score (nSPS) is 16.5.